The summed E-state index contributed by atoms with van der Waals surface area (Å²) in [6.45, 7) is 0. The van der Waals surface area contributed by atoms with E-state index in [-0.39, 0.29) is 5.69 Å². The fourth-order valence-corrected chi connectivity index (χ4v) is 2.22. The van der Waals surface area contributed by atoms with Gasteiger partial charge in [-0.1, -0.05) is 0 Å². The Balaban J connectivity index is 2.77. The number of hydrogen-bond acceptors (Lipinski definition) is 4. The van der Waals surface area contributed by atoms with Gasteiger partial charge in [-0.05, 0) is 27.5 Å². The number of fused-ring (bicyclic) bond motifs is 1. The third-order valence-corrected chi connectivity index (χ3v) is 2.74. The molecule has 1 heterocycles. The summed E-state index contributed by atoms with van der Waals surface area (Å²) in [5.74, 6) is 0. The molecule has 0 spiro atoms. The number of hydrogen-bond donors (Lipinski definition) is 0. The molecule has 6 heteroatoms. The predicted molar refractivity (Wildman–Crippen MR) is 52.8 cm³/mol. The zero-order valence-electron chi connectivity index (χ0n) is 6.15. The first kappa shape index (κ1) is 8.58. The first-order valence-electron chi connectivity index (χ1n) is 3.29. The first-order chi connectivity index (χ1) is 6.18. The van der Waals surface area contributed by atoms with E-state index < -0.39 is 4.92 Å². The number of nitrogens with zero attached hydrogens (tertiary/aromatic N) is 2. The van der Waals surface area contributed by atoms with Crippen LogP contribution in [0.25, 0.3) is 10.9 Å². The van der Waals surface area contributed by atoms with Crippen LogP contribution < -0.4 is 0 Å². The van der Waals surface area contributed by atoms with Crippen molar-refractivity contribution in [3.63, 3.8) is 0 Å². The monoisotopic (exact) mass is 257 g/mol. The molecule has 0 aliphatic carbocycles. The van der Waals surface area contributed by atoms with Crippen LogP contribution in [0, 0.1) is 15.5 Å². The second-order valence-corrected chi connectivity index (χ2v) is 3.79. The normalized spacial score (nSPS) is 10.5. The van der Waals surface area contributed by atoms with E-state index in [0.29, 0.717) is 9.86 Å². The minimum Gasteiger partial charge on any atom is -0.258 e. The Morgan fingerprint density at radius 2 is 2.38 bits per heavy atom. The molecule has 0 bridgehead atoms. The Morgan fingerprint density at radius 1 is 1.62 bits per heavy atom. The van der Waals surface area contributed by atoms with Crippen molar-refractivity contribution in [1.82, 2.24) is 4.37 Å². The van der Waals surface area contributed by atoms with Gasteiger partial charge in [0, 0.05) is 17.5 Å². The highest BCUT2D eigenvalue weighted by molar-refractivity contribution is 9.10. The summed E-state index contributed by atoms with van der Waals surface area (Å²) in [7, 11) is 0. The maximum Gasteiger partial charge on any atom is 0.271 e. The van der Waals surface area contributed by atoms with Crippen LogP contribution in [0.4, 0.5) is 5.69 Å². The average Bonchev–Trinajstić information content (AvgIpc) is 2.51. The summed E-state index contributed by atoms with van der Waals surface area (Å²) in [4.78, 5) is 10.0. The maximum absolute atomic E-state index is 10.5. The predicted octanol–water partition coefficient (Wildman–Crippen LogP) is 2.77. The molecule has 0 atom stereocenters. The van der Waals surface area contributed by atoms with Crippen molar-refractivity contribution in [2.24, 2.45) is 0 Å². The largest absolute Gasteiger partial charge is 0.271 e. The summed E-state index contributed by atoms with van der Waals surface area (Å²) in [5.41, 5.74) is 0.770. The summed E-state index contributed by atoms with van der Waals surface area (Å²) in [5, 5.41) is 14.0. The molecular formula is C7H2BrN2O2S. The van der Waals surface area contributed by atoms with Crippen molar-refractivity contribution in [3.8, 4) is 0 Å². The topological polar surface area (TPSA) is 56.0 Å². The molecule has 0 unspecified atom stereocenters. The fraction of sp³-hybridized carbons (Fsp3) is 0. The number of benzene rings is 1. The molecule has 0 saturated carbocycles. The van der Waals surface area contributed by atoms with Crippen molar-refractivity contribution in [2.75, 3.05) is 0 Å². The van der Waals surface area contributed by atoms with Gasteiger partial charge in [-0.3, -0.25) is 10.1 Å². The highest BCUT2D eigenvalue weighted by Gasteiger charge is 2.11. The fourth-order valence-electron chi connectivity index (χ4n) is 0.978. The number of halogens is 1. The Kier molecular flexibility index (Phi) is 2.01. The molecule has 13 heavy (non-hydrogen) atoms. The maximum atomic E-state index is 10.5. The molecule has 2 aromatic rings. The molecule has 0 saturated heterocycles. The Bertz CT molecular complexity index is 482. The molecular weight excluding hydrogens is 256 g/mol. The van der Waals surface area contributed by atoms with Crippen LogP contribution in [0.1, 0.15) is 0 Å². The molecule has 0 aliphatic rings. The zero-order chi connectivity index (χ0) is 9.42. The summed E-state index contributed by atoms with van der Waals surface area (Å²) in [6.07, 6.45) is 0. The Hall–Kier alpha value is -1.01. The third-order valence-electron chi connectivity index (χ3n) is 1.55. The van der Waals surface area contributed by atoms with E-state index in [0.717, 1.165) is 17.0 Å². The lowest BCUT2D eigenvalue weighted by molar-refractivity contribution is -0.384. The van der Waals surface area contributed by atoms with E-state index >= 15 is 0 Å². The number of non-ortho nitro benzene ring substituents is 1. The first-order valence-corrected chi connectivity index (χ1v) is 4.86. The van der Waals surface area contributed by atoms with Gasteiger partial charge in [0.1, 0.15) is 0 Å². The standard InChI is InChI=1S/C7H2BrN2O2S/c8-6-2-5(10(11)12)1-4-3-13-9-7(4)6/h1-2H. The molecule has 65 valence electrons. The van der Waals surface area contributed by atoms with Crippen molar-refractivity contribution in [2.45, 2.75) is 0 Å². The van der Waals surface area contributed by atoms with Gasteiger partial charge in [-0.15, -0.1) is 0 Å². The summed E-state index contributed by atoms with van der Waals surface area (Å²) >= 11 is 4.37. The van der Waals surface area contributed by atoms with E-state index in [1.165, 1.54) is 12.1 Å². The Labute approximate surface area is 85.6 Å². The third kappa shape index (κ3) is 1.42. The van der Waals surface area contributed by atoms with Crippen LogP contribution in [0.2, 0.25) is 0 Å². The van der Waals surface area contributed by atoms with Crippen LogP contribution in [0.5, 0.6) is 0 Å². The van der Waals surface area contributed by atoms with Crippen LogP contribution >= 0.6 is 27.5 Å². The number of nitro groups is 1. The van der Waals surface area contributed by atoms with Gasteiger partial charge in [-0.2, -0.15) is 4.37 Å². The lowest BCUT2D eigenvalue weighted by Gasteiger charge is -1.93. The number of rotatable bonds is 1. The molecule has 1 radical (unpaired) electrons. The minimum absolute atomic E-state index is 0.0517. The second-order valence-electron chi connectivity index (χ2n) is 2.37. The molecule has 2 rings (SSSR count). The van der Waals surface area contributed by atoms with E-state index in [4.69, 9.17) is 0 Å². The SMILES string of the molecule is O=[N+]([O-])c1cc(Br)c2ns[c]c2c1. The highest BCUT2D eigenvalue weighted by Crippen LogP contribution is 2.28. The highest BCUT2D eigenvalue weighted by atomic mass is 79.9. The van der Waals surface area contributed by atoms with Crippen molar-refractivity contribution >= 4 is 44.1 Å². The quantitative estimate of drug-likeness (QED) is 0.583. The molecule has 0 aliphatic heterocycles. The van der Waals surface area contributed by atoms with Gasteiger partial charge in [0.05, 0.1) is 20.3 Å². The van der Waals surface area contributed by atoms with Crippen molar-refractivity contribution in [1.29, 1.82) is 0 Å². The van der Waals surface area contributed by atoms with E-state index in [1.807, 2.05) is 0 Å². The molecule has 0 N–H and O–H groups in total. The average molecular weight is 258 g/mol. The van der Waals surface area contributed by atoms with Crippen LogP contribution in [0.15, 0.2) is 16.6 Å². The number of nitro benzene ring substituents is 1. The Morgan fingerprint density at radius 3 is 3.08 bits per heavy atom. The lowest BCUT2D eigenvalue weighted by Crippen LogP contribution is -1.87. The van der Waals surface area contributed by atoms with Gasteiger partial charge in [-0.25, -0.2) is 0 Å². The van der Waals surface area contributed by atoms with E-state index in [1.54, 1.807) is 0 Å². The van der Waals surface area contributed by atoms with E-state index in [2.05, 4.69) is 25.7 Å². The molecule has 0 amide bonds. The summed E-state index contributed by atoms with van der Waals surface area (Å²) < 4.78 is 4.67. The molecule has 4 nitrogen and oxygen atoms in total. The summed E-state index contributed by atoms with van der Waals surface area (Å²) in [6, 6.07) is 2.90. The lowest BCUT2D eigenvalue weighted by atomic mass is 10.2. The zero-order valence-corrected chi connectivity index (χ0v) is 8.55. The smallest absolute Gasteiger partial charge is 0.258 e. The minimum atomic E-state index is -0.435. The van der Waals surface area contributed by atoms with Crippen LogP contribution in [-0.2, 0) is 0 Å². The van der Waals surface area contributed by atoms with Crippen LogP contribution in [0.3, 0.4) is 0 Å². The number of aromatic nitrogens is 1. The molecule has 1 aromatic heterocycles. The van der Waals surface area contributed by atoms with Gasteiger partial charge in [0.25, 0.3) is 5.69 Å². The molecule has 0 fully saturated rings. The van der Waals surface area contributed by atoms with Gasteiger partial charge >= 0.3 is 0 Å². The van der Waals surface area contributed by atoms with E-state index in [9.17, 15) is 10.1 Å². The van der Waals surface area contributed by atoms with Crippen molar-refractivity contribution in [3.05, 3.63) is 32.1 Å². The van der Waals surface area contributed by atoms with Gasteiger partial charge < -0.3 is 0 Å². The van der Waals surface area contributed by atoms with Gasteiger partial charge in [0.15, 0.2) is 0 Å². The van der Waals surface area contributed by atoms with Gasteiger partial charge in [0.2, 0.25) is 0 Å². The van der Waals surface area contributed by atoms with Crippen molar-refractivity contribution < 1.29 is 4.92 Å². The molecule has 1 aromatic carbocycles. The van der Waals surface area contributed by atoms with Crippen LogP contribution in [-0.4, -0.2) is 9.30 Å². The second kappa shape index (κ2) is 3.04.